The van der Waals surface area contributed by atoms with Crippen LogP contribution in [0, 0.1) is 0 Å². The van der Waals surface area contributed by atoms with Gasteiger partial charge in [-0.15, -0.1) is 0 Å². The van der Waals surface area contributed by atoms with Crippen LogP contribution in [-0.2, 0) is 11.2 Å². The number of nitrogens with zero attached hydrogens (tertiary/aromatic N) is 2. The quantitative estimate of drug-likeness (QED) is 0.439. The summed E-state index contributed by atoms with van der Waals surface area (Å²) >= 11 is 7.12. The number of hydrogen-bond acceptors (Lipinski definition) is 6. The molecule has 1 heterocycles. The number of hydrogen-bond donors (Lipinski definition) is 0. The van der Waals surface area contributed by atoms with Gasteiger partial charge in [0.05, 0.1) is 25.5 Å². The van der Waals surface area contributed by atoms with Crippen LogP contribution in [-0.4, -0.2) is 35.7 Å². The first kappa shape index (κ1) is 16.6. The van der Waals surface area contributed by atoms with Crippen molar-refractivity contribution in [3.8, 4) is 11.8 Å². The summed E-state index contributed by atoms with van der Waals surface area (Å²) in [5.41, 5.74) is 1.02. The van der Waals surface area contributed by atoms with Gasteiger partial charge >= 0.3 is 0 Å². The number of benzene rings is 1. The van der Waals surface area contributed by atoms with E-state index >= 15 is 0 Å². The number of halogens is 1. The van der Waals surface area contributed by atoms with Gasteiger partial charge in [0.25, 0.3) is 0 Å². The minimum absolute atomic E-state index is 0.307. The maximum atomic E-state index is 11.3. The van der Waals surface area contributed by atoms with E-state index in [1.54, 1.807) is 18.2 Å². The molecule has 1 aromatic heterocycles. The second kappa shape index (κ2) is 8.00. The normalized spacial score (nSPS) is 11.8. The number of methoxy groups -OCH3 is 2. The van der Waals surface area contributed by atoms with Crippen LogP contribution in [0.3, 0.4) is 0 Å². The molecule has 0 aliphatic carbocycles. The summed E-state index contributed by atoms with van der Waals surface area (Å²) in [4.78, 5) is 19.8. The van der Waals surface area contributed by atoms with E-state index < -0.39 is 0 Å². The lowest BCUT2D eigenvalue weighted by Gasteiger charge is -2.11. The van der Waals surface area contributed by atoms with E-state index in [1.165, 1.54) is 26.0 Å². The van der Waals surface area contributed by atoms with Crippen LogP contribution in [0.1, 0.15) is 5.56 Å². The number of carbonyl (C=O) groups is 1. The topological polar surface area (TPSA) is 61.3 Å². The summed E-state index contributed by atoms with van der Waals surface area (Å²) in [5.74, 6) is 0.788. The van der Waals surface area contributed by atoms with Crippen molar-refractivity contribution < 1.29 is 14.3 Å². The monoisotopic (exact) mass is 338 g/mol. The van der Waals surface area contributed by atoms with Crippen LogP contribution in [0.2, 0.25) is 5.02 Å². The fraction of sp³-hybridized carbons (Fsp3) is 0.267. The second-order valence-corrected chi connectivity index (χ2v) is 6.00. The zero-order valence-corrected chi connectivity index (χ0v) is 13.7. The Morgan fingerprint density at radius 2 is 1.77 bits per heavy atom. The lowest BCUT2D eigenvalue weighted by atomic mass is 10.1. The molecule has 1 atom stereocenters. The van der Waals surface area contributed by atoms with E-state index in [9.17, 15) is 4.79 Å². The molecule has 5 nitrogen and oxygen atoms in total. The molecule has 0 fully saturated rings. The zero-order chi connectivity index (χ0) is 15.9. The van der Waals surface area contributed by atoms with E-state index in [0.29, 0.717) is 28.4 Å². The molecule has 0 saturated carbocycles. The van der Waals surface area contributed by atoms with Crippen molar-refractivity contribution in [3.05, 3.63) is 40.9 Å². The highest BCUT2D eigenvalue weighted by molar-refractivity contribution is 8.00. The summed E-state index contributed by atoms with van der Waals surface area (Å²) in [6.45, 7) is 0. The minimum Gasteiger partial charge on any atom is -0.481 e. The summed E-state index contributed by atoms with van der Waals surface area (Å²) in [7, 11) is 3.03. The molecule has 2 aromatic rings. The average Bonchev–Trinajstić information content (AvgIpc) is 2.55. The first-order valence-electron chi connectivity index (χ1n) is 6.48. The molecule has 0 saturated heterocycles. The SMILES string of the molecule is COc1cc(OC)nc(SC(C=O)Cc2ccc(Cl)cc2)n1. The lowest BCUT2D eigenvalue weighted by molar-refractivity contribution is -0.107. The summed E-state index contributed by atoms with van der Waals surface area (Å²) < 4.78 is 10.2. The van der Waals surface area contributed by atoms with Gasteiger partial charge in [-0.05, 0) is 24.1 Å². The Labute approximate surface area is 138 Å². The molecule has 0 N–H and O–H groups in total. The third kappa shape index (κ3) is 4.61. The Balaban J connectivity index is 2.12. The summed E-state index contributed by atoms with van der Waals surface area (Å²) in [6, 6.07) is 8.97. The number of ether oxygens (including phenoxy) is 2. The predicted molar refractivity (Wildman–Crippen MR) is 86.0 cm³/mol. The smallest absolute Gasteiger partial charge is 0.220 e. The Morgan fingerprint density at radius 1 is 1.18 bits per heavy atom. The van der Waals surface area contributed by atoms with Gasteiger partial charge in [0.15, 0.2) is 5.16 Å². The molecule has 0 aliphatic heterocycles. The van der Waals surface area contributed by atoms with Gasteiger partial charge in [0.2, 0.25) is 11.8 Å². The standard InChI is InChI=1S/C15H15ClN2O3S/c1-20-13-8-14(21-2)18-15(17-13)22-12(9-19)7-10-3-5-11(16)6-4-10/h3-6,8-9,12H,7H2,1-2H3. The summed E-state index contributed by atoms with van der Waals surface area (Å²) in [6.07, 6.45) is 1.45. The Morgan fingerprint density at radius 3 is 2.27 bits per heavy atom. The van der Waals surface area contributed by atoms with Crippen LogP contribution < -0.4 is 9.47 Å². The fourth-order valence-electron chi connectivity index (χ4n) is 1.75. The molecule has 0 aliphatic rings. The van der Waals surface area contributed by atoms with Crippen LogP contribution in [0.25, 0.3) is 0 Å². The van der Waals surface area contributed by atoms with E-state index in [4.69, 9.17) is 21.1 Å². The first-order chi connectivity index (χ1) is 10.6. The molecule has 0 spiro atoms. The van der Waals surface area contributed by atoms with Crippen molar-refractivity contribution in [1.82, 2.24) is 9.97 Å². The highest BCUT2D eigenvalue weighted by Gasteiger charge is 2.14. The van der Waals surface area contributed by atoms with Gasteiger partial charge in [-0.25, -0.2) is 0 Å². The van der Waals surface area contributed by atoms with E-state index in [2.05, 4.69) is 9.97 Å². The van der Waals surface area contributed by atoms with Gasteiger partial charge in [-0.3, -0.25) is 0 Å². The molecule has 0 bridgehead atoms. The first-order valence-corrected chi connectivity index (χ1v) is 7.74. The van der Waals surface area contributed by atoms with Gasteiger partial charge < -0.3 is 14.3 Å². The van der Waals surface area contributed by atoms with Crippen LogP contribution in [0.5, 0.6) is 11.8 Å². The Hall–Kier alpha value is -1.79. The molecule has 7 heteroatoms. The van der Waals surface area contributed by atoms with Gasteiger partial charge in [0.1, 0.15) is 6.29 Å². The van der Waals surface area contributed by atoms with Crippen molar-refractivity contribution in [3.63, 3.8) is 0 Å². The molecular weight excluding hydrogens is 324 g/mol. The third-order valence-electron chi connectivity index (χ3n) is 2.84. The number of aldehydes is 1. The molecule has 0 amide bonds. The summed E-state index contributed by atoms with van der Waals surface area (Å²) in [5, 5.41) is 0.792. The lowest BCUT2D eigenvalue weighted by Crippen LogP contribution is -2.10. The van der Waals surface area contributed by atoms with E-state index in [-0.39, 0.29) is 5.25 Å². The predicted octanol–water partition coefficient (Wildman–Crippen LogP) is 3.05. The van der Waals surface area contributed by atoms with Crippen LogP contribution >= 0.6 is 23.4 Å². The van der Waals surface area contributed by atoms with Gasteiger partial charge in [0, 0.05) is 5.02 Å². The minimum atomic E-state index is -0.307. The number of aromatic nitrogens is 2. The molecule has 1 aromatic carbocycles. The van der Waals surface area contributed by atoms with Crippen molar-refractivity contribution in [2.24, 2.45) is 0 Å². The molecule has 0 radical (unpaired) electrons. The molecule has 1 unspecified atom stereocenters. The van der Waals surface area contributed by atoms with Crippen molar-refractivity contribution in [2.75, 3.05) is 14.2 Å². The molecule has 22 heavy (non-hydrogen) atoms. The number of carbonyl (C=O) groups excluding carboxylic acids is 1. The molecule has 2 rings (SSSR count). The van der Waals surface area contributed by atoms with E-state index in [0.717, 1.165) is 11.8 Å². The zero-order valence-electron chi connectivity index (χ0n) is 12.2. The Kier molecular flexibility index (Phi) is 6.03. The van der Waals surface area contributed by atoms with Crippen molar-refractivity contribution >= 4 is 29.6 Å². The Bertz CT molecular complexity index is 615. The number of thioether (sulfide) groups is 1. The highest BCUT2D eigenvalue weighted by Crippen LogP contribution is 2.26. The molecule has 116 valence electrons. The third-order valence-corrected chi connectivity index (χ3v) is 4.06. The van der Waals surface area contributed by atoms with Crippen LogP contribution in [0.15, 0.2) is 35.5 Å². The van der Waals surface area contributed by atoms with Gasteiger partial charge in [-0.2, -0.15) is 9.97 Å². The van der Waals surface area contributed by atoms with Gasteiger partial charge in [-0.1, -0.05) is 35.5 Å². The average molecular weight is 339 g/mol. The van der Waals surface area contributed by atoms with E-state index in [1.807, 2.05) is 12.1 Å². The maximum absolute atomic E-state index is 11.3. The number of rotatable bonds is 7. The second-order valence-electron chi connectivity index (χ2n) is 4.36. The largest absolute Gasteiger partial charge is 0.481 e. The molecular formula is C15H15ClN2O3S. The van der Waals surface area contributed by atoms with Crippen molar-refractivity contribution in [1.29, 1.82) is 0 Å². The maximum Gasteiger partial charge on any atom is 0.220 e. The fourth-order valence-corrected chi connectivity index (χ4v) is 2.76. The van der Waals surface area contributed by atoms with Crippen LogP contribution in [0.4, 0.5) is 0 Å². The highest BCUT2D eigenvalue weighted by atomic mass is 35.5. The van der Waals surface area contributed by atoms with Crippen molar-refractivity contribution in [2.45, 2.75) is 16.8 Å².